The number of hydrogen-bond donors (Lipinski definition) is 0. The molecule has 51 heavy (non-hydrogen) atoms. The largest absolute Gasteiger partial charge is 3.00 e. The van der Waals surface area contributed by atoms with Crippen LogP contribution in [0.15, 0.2) is 140 Å². The molecule has 0 fully saturated rings. The summed E-state index contributed by atoms with van der Waals surface area (Å²) < 4.78 is 2.43. The monoisotopic (exact) mass is 842 g/mol. The number of pyridine rings is 3. The number of para-hydroxylation sites is 1. The molecule has 0 atom stereocenters. The second-order valence-electron chi connectivity index (χ2n) is 12.8. The summed E-state index contributed by atoms with van der Waals surface area (Å²) in [4.78, 5) is 13.4. The van der Waals surface area contributed by atoms with E-state index in [-0.39, 0.29) is 20.1 Å². The van der Waals surface area contributed by atoms with E-state index in [0.29, 0.717) is 5.92 Å². The van der Waals surface area contributed by atoms with Crippen LogP contribution < -0.4 is 0 Å². The normalized spacial score (nSPS) is 10.5. The van der Waals surface area contributed by atoms with Gasteiger partial charge in [-0.05, 0) is 78.4 Å². The maximum Gasteiger partial charge on any atom is 3.00 e. The van der Waals surface area contributed by atoms with Crippen molar-refractivity contribution in [3.05, 3.63) is 175 Å². The van der Waals surface area contributed by atoms with Gasteiger partial charge in [0.2, 0.25) is 0 Å². The van der Waals surface area contributed by atoms with Gasteiger partial charge in [0, 0.05) is 29.6 Å². The Morgan fingerprint density at radius 3 is 1.71 bits per heavy atom. The van der Waals surface area contributed by atoms with E-state index in [1.807, 2.05) is 105 Å². The van der Waals surface area contributed by atoms with Crippen LogP contribution in [0.2, 0.25) is 0 Å². The molecule has 4 aromatic carbocycles. The van der Waals surface area contributed by atoms with Gasteiger partial charge in [0.25, 0.3) is 0 Å². The Bertz CT molecular complexity index is 2210. The molecular weight excluding hydrogens is 801 g/mol. The summed E-state index contributed by atoms with van der Waals surface area (Å²) in [6.07, 6.45) is 1.91. The predicted molar refractivity (Wildman–Crippen MR) is 208 cm³/mol. The number of nitrogens with zero attached hydrogens (tertiary/aromatic N) is 4. The Labute approximate surface area is 315 Å². The smallest absolute Gasteiger partial charge is 0.358 e. The first-order valence-corrected chi connectivity index (χ1v) is 17.0. The van der Waals surface area contributed by atoms with Crippen LogP contribution in [0.4, 0.5) is 0 Å². The zero-order valence-electron chi connectivity index (χ0n) is 29.7. The summed E-state index contributed by atoms with van der Waals surface area (Å²) in [5.41, 5.74) is 11.9. The van der Waals surface area contributed by atoms with Gasteiger partial charge in [0.05, 0.1) is 0 Å². The van der Waals surface area contributed by atoms with Crippen molar-refractivity contribution >= 4 is 21.8 Å². The van der Waals surface area contributed by atoms with Gasteiger partial charge in [-0.2, -0.15) is 0 Å². The van der Waals surface area contributed by atoms with E-state index in [1.54, 1.807) is 0 Å². The SMILES string of the molecule is Cc1ccc(-c2[c-]cc3c4ccccc4n(CC(C)C)c3c2)nc1.Cc1cccc(-c2[c-]cccc2)n1.Cc1cccc(-c2[c-]cccc2)n1.[Ir+3]. The van der Waals surface area contributed by atoms with Crippen LogP contribution in [0.3, 0.4) is 0 Å². The van der Waals surface area contributed by atoms with Crippen molar-refractivity contribution in [3.8, 4) is 33.8 Å². The molecule has 0 spiro atoms. The van der Waals surface area contributed by atoms with E-state index in [0.717, 1.165) is 51.7 Å². The number of hydrogen-bond acceptors (Lipinski definition) is 3. The van der Waals surface area contributed by atoms with E-state index in [2.05, 4.69) is 107 Å². The van der Waals surface area contributed by atoms with Crippen molar-refractivity contribution in [2.24, 2.45) is 5.92 Å². The van der Waals surface area contributed by atoms with Crippen LogP contribution >= 0.6 is 0 Å². The minimum absolute atomic E-state index is 0. The molecule has 4 heterocycles. The Hall–Kier alpha value is -5.22. The van der Waals surface area contributed by atoms with E-state index in [1.165, 1.54) is 27.4 Å². The molecule has 5 heteroatoms. The van der Waals surface area contributed by atoms with Gasteiger partial charge in [-0.1, -0.05) is 73.8 Å². The first-order valence-electron chi connectivity index (χ1n) is 17.0. The van der Waals surface area contributed by atoms with Crippen molar-refractivity contribution in [1.29, 1.82) is 0 Å². The van der Waals surface area contributed by atoms with Crippen LogP contribution in [0.25, 0.3) is 55.6 Å². The van der Waals surface area contributed by atoms with Crippen LogP contribution in [-0.4, -0.2) is 19.5 Å². The second-order valence-corrected chi connectivity index (χ2v) is 12.8. The molecule has 0 aliphatic rings. The first-order chi connectivity index (χ1) is 24.4. The molecule has 8 rings (SSSR count). The summed E-state index contributed by atoms with van der Waals surface area (Å²) in [7, 11) is 0. The van der Waals surface area contributed by atoms with E-state index in [9.17, 15) is 0 Å². The van der Waals surface area contributed by atoms with E-state index >= 15 is 0 Å². The van der Waals surface area contributed by atoms with Crippen LogP contribution in [0, 0.1) is 44.9 Å². The molecule has 0 amide bonds. The number of rotatable bonds is 5. The zero-order chi connectivity index (χ0) is 34.9. The molecule has 254 valence electrons. The third-order valence-corrected chi connectivity index (χ3v) is 8.19. The number of fused-ring (bicyclic) bond motifs is 3. The fourth-order valence-corrected chi connectivity index (χ4v) is 5.81. The van der Waals surface area contributed by atoms with Gasteiger partial charge in [-0.25, -0.2) is 0 Å². The molecule has 0 saturated carbocycles. The summed E-state index contributed by atoms with van der Waals surface area (Å²) in [6.45, 7) is 11.6. The molecular formula is C46H41IrN4. The molecule has 0 saturated heterocycles. The number of aromatic nitrogens is 4. The van der Waals surface area contributed by atoms with Gasteiger partial charge in [0.1, 0.15) is 0 Å². The Morgan fingerprint density at radius 1 is 0.569 bits per heavy atom. The Kier molecular flexibility index (Phi) is 12.8. The summed E-state index contributed by atoms with van der Waals surface area (Å²) in [5.74, 6) is 0.592. The maximum atomic E-state index is 4.56. The summed E-state index contributed by atoms with van der Waals surface area (Å²) >= 11 is 0. The third-order valence-electron chi connectivity index (χ3n) is 8.19. The van der Waals surface area contributed by atoms with Gasteiger partial charge < -0.3 is 19.5 Å². The van der Waals surface area contributed by atoms with Gasteiger partial charge in [-0.15, -0.1) is 95.6 Å². The Balaban J connectivity index is 0.000000159. The Morgan fingerprint density at radius 2 is 1.18 bits per heavy atom. The first kappa shape index (κ1) is 37.0. The predicted octanol–water partition coefficient (Wildman–Crippen LogP) is 11.3. The fraction of sp³-hybridized carbons (Fsp3) is 0.152. The molecule has 4 nitrogen and oxygen atoms in total. The molecule has 0 aliphatic carbocycles. The van der Waals surface area contributed by atoms with Crippen LogP contribution in [-0.2, 0) is 26.7 Å². The van der Waals surface area contributed by atoms with E-state index in [4.69, 9.17) is 0 Å². The summed E-state index contributed by atoms with van der Waals surface area (Å²) in [5, 5.41) is 2.56. The minimum Gasteiger partial charge on any atom is -0.358 e. The number of aryl methyl sites for hydroxylation is 3. The van der Waals surface area contributed by atoms with Gasteiger partial charge >= 0.3 is 20.1 Å². The molecule has 8 aromatic rings. The standard InChI is InChI=1S/C22H21N2.2C12H10N.Ir/c1-15(2)14-24-21-7-5-4-6-18(21)19-10-9-17(12-22(19)24)20-11-8-16(3)13-23-20;2*1-10-6-5-9-12(13-10)11-7-3-2-4-8-11;/h4-8,10-13,15H,14H2,1-3H3;2*2-7,9H,1H3;/q3*-1;+3. The van der Waals surface area contributed by atoms with Crippen molar-refractivity contribution in [2.45, 2.75) is 41.2 Å². The second kappa shape index (κ2) is 17.6. The average Bonchev–Trinajstić information content (AvgIpc) is 3.45. The van der Waals surface area contributed by atoms with E-state index < -0.39 is 0 Å². The third kappa shape index (κ3) is 9.52. The molecule has 0 N–H and O–H groups in total. The summed E-state index contributed by atoms with van der Waals surface area (Å²) in [6, 6.07) is 54.6. The maximum absolute atomic E-state index is 4.56. The van der Waals surface area contributed by atoms with Crippen molar-refractivity contribution in [1.82, 2.24) is 19.5 Å². The molecule has 4 aromatic heterocycles. The van der Waals surface area contributed by atoms with Crippen LogP contribution in [0.5, 0.6) is 0 Å². The zero-order valence-corrected chi connectivity index (χ0v) is 32.1. The molecule has 0 unspecified atom stereocenters. The minimum atomic E-state index is 0. The van der Waals surface area contributed by atoms with Gasteiger partial charge in [-0.3, -0.25) is 0 Å². The van der Waals surface area contributed by atoms with Gasteiger partial charge in [0.15, 0.2) is 0 Å². The van der Waals surface area contributed by atoms with Crippen LogP contribution in [0.1, 0.15) is 30.8 Å². The molecule has 0 bridgehead atoms. The fourth-order valence-electron chi connectivity index (χ4n) is 5.81. The average molecular weight is 842 g/mol. The number of benzene rings is 4. The quantitative estimate of drug-likeness (QED) is 0.162. The van der Waals surface area contributed by atoms with Crippen molar-refractivity contribution in [2.75, 3.05) is 0 Å². The van der Waals surface area contributed by atoms with Crippen molar-refractivity contribution < 1.29 is 20.1 Å². The topological polar surface area (TPSA) is 43.6 Å². The van der Waals surface area contributed by atoms with Crippen molar-refractivity contribution in [3.63, 3.8) is 0 Å². The molecule has 0 aliphatic heterocycles. The molecule has 0 radical (unpaired) electrons.